The van der Waals surface area contributed by atoms with Crippen LogP contribution in [-0.4, -0.2) is 18.9 Å². The van der Waals surface area contributed by atoms with Gasteiger partial charge in [-0.25, -0.2) is 26.9 Å². The number of anilines is 1. The van der Waals surface area contributed by atoms with Gasteiger partial charge in [0.15, 0.2) is 0 Å². The number of hydrogen-bond donors (Lipinski definition) is 2. The molecule has 2 N–H and O–H groups in total. The first-order valence-corrected chi connectivity index (χ1v) is 8.72. The molecule has 1 aromatic carbocycles. The van der Waals surface area contributed by atoms with Crippen molar-refractivity contribution in [3.63, 3.8) is 0 Å². The predicted molar refractivity (Wildman–Crippen MR) is 88.0 cm³/mol. The lowest BCUT2D eigenvalue weighted by atomic mass is 10.1. The minimum atomic E-state index is -3.65. The Morgan fingerprint density at radius 2 is 1.71 bits per heavy atom. The minimum absolute atomic E-state index is 0.0415. The number of hydrogen-bond acceptors (Lipinski definition) is 4. The lowest BCUT2D eigenvalue weighted by Gasteiger charge is -2.20. The third kappa shape index (κ3) is 5.24. The van der Waals surface area contributed by atoms with Crippen LogP contribution < -0.4 is 10.0 Å². The molecule has 0 saturated heterocycles. The van der Waals surface area contributed by atoms with Gasteiger partial charge < -0.3 is 5.32 Å². The zero-order chi connectivity index (χ0) is 18.0. The second-order valence-electron chi connectivity index (χ2n) is 6.37. The van der Waals surface area contributed by atoms with Gasteiger partial charge in [0, 0.05) is 24.3 Å². The van der Waals surface area contributed by atoms with Crippen LogP contribution in [0.5, 0.6) is 0 Å². The molecule has 0 unspecified atom stereocenters. The average Bonchev–Trinajstić information content (AvgIpc) is 2.42. The zero-order valence-electron chi connectivity index (χ0n) is 13.6. The van der Waals surface area contributed by atoms with Gasteiger partial charge in [-0.1, -0.05) is 0 Å². The Kier molecular flexibility index (Phi) is 5.19. The van der Waals surface area contributed by atoms with E-state index in [9.17, 15) is 17.2 Å². The fourth-order valence-electron chi connectivity index (χ4n) is 2.01. The van der Waals surface area contributed by atoms with Crippen LogP contribution in [0.1, 0.15) is 26.3 Å². The van der Waals surface area contributed by atoms with E-state index in [1.165, 1.54) is 30.5 Å². The highest BCUT2D eigenvalue weighted by molar-refractivity contribution is 7.89. The number of pyridine rings is 1. The summed E-state index contributed by atoms with van der Waals surface area (Å²) < 4.78 is 53.1. The predicted octanol–water partition coefficient (Wildman–Crippen LogP) is 3.05. The van der Waals surface area contributed by atoms with Gasteiger partial charge in [-0.2, -0.15) is 0 Å². The molecule has 2 rings (SSSR count). The van der Waals surface area contributed by atoms with Crippen molar-refractivity contribution in [1.82, 2.24) is 9.71 Å². The topological polar surface area (TPSA) is 71.1 Å². The summed E-state index contributed by atoms with van der Waals surface area (Å²) in [4.78, 5) is 4.06. The Morgan fingerprint density at radius 3 is 2.21 bits per heavy atom. The Labute approximate surface area is 140 Å². The van der Waals surface area contributed by atoms with Gasteiger partial charge in [0.25, 0.3) is 0 Å². The molecule has 0 spiro atoms. The molecule has 0 atom stereocenters. The summed E-state index contributed by atoms with van der Waals surface area (Å²) in [6, 6.07) is 6.12. The third-order valence-corrected chi connectivity index (χ3v) is 4.63. The standard InChI is InChI=1S/C16H19F2N3O2S/c1-16(2,3)21-24(22,23)14-4-5-15(20-10-14)19-9-11-6-12(17)8-13(18)7-11/h4-8,10,21H,9H2,1-3H3,(H,19,20). The molecule has 2 aromatic rings. The molecule has 0 aliphatic carbocycles. The number of aromatic nitrogens is 1. The van der Waals surface area contributed by atoms with E-state index in [0.717, 1.165) is 6.07 Å². The van der Waals surface area contributed by atoms with Gasteiger partial charge in [-0.05, 0) is 50.6 Å². The molecule has 0 aliphatic rings. The van der Waals surface area contributed by atoms with E-state index >= 15 is 0 Å². The van der Waals surface area contributed by atoms with Crippen molar-refractivity contribution in [2.45, 2.75) is 37.8 Å². The number of halogens is 2. The Bertz CT molecular complexity index is 796. The number of nitrogens with one attached hydrogen (secondary N) is 2. The van der Waals surface area contributed by atoms with Crippen molar-refractivity contribution in [1.29, 1.82) is 0 Å². The van der Waals surface area contributed by atoms with Crippen LogP contribution in [0, 0.1) is 11.6 Å². The van der Waals surface area contributed by atoms with Crippen molar-refractivity contribution in [2.75, 3.05) is 5.32 Å². The first kappa shape index (κ1) is 18.3. The van der Waals surface area contributed by atoms with Gasteiger partial charge in [0.1, 0.15) is 22.3 Å². The van der Waals surface area contributed by atoms with Crippen LogP contribution in [0.15, 0.2) is 41.4 Å². The molecule has 24 heavy (non-hydrogen) atoms. The lowest BCUT2D eigenvalue weighted by Crippen LogP contribution is -2.40. The minimum Gasteiger partial charge on any atom is -0.366 e. The second-order valence-corrected chi connectivity index (χ2v) is 8.05. The molecule has 0 amide bonds. The van der Waals surface area contributed by atoms with E-state index in [1.807, 2.05) is 0 Å². The van der Waals surface area contributed by atoms with Crippen molar-refractivity contribution in [3.05, 3.63) is 53.7 Å². The number of benzene rings is 1. The maximum atomic E-state index is 13.1. The number of sulfonamides is 1. The van der Waals surface area contributed by atoms with Crippen molar-refractivity contribution in [2.24, 2.45) is 0 Å². The highest BCUT2D eigenvalue weighted by Gasteiger charge is 2.22. The molecule has 0 radical (unpaired) electrons. The molecule has 0 aliphatic heterocycles. The van der Waals surface area contributed by atoms with E-state index in [4.69, 9.17) is 0 Å². The highest BCUT2D eigenvalue weighted by atomic mass is 32.2. The zero-order valence-corrected chi connectivity index (χ0v) is 14.4. The van der Waals surface area contributed by atoms with Gasteiger partial charge in [-0.3, -0.25) is 0 Å². The molecule has 0 bridgehead atoms. The van der Waals surface area contributed by atoms with Gasteiger partial charge >= 0.3 is 0 Å². The van der Waals surface area contributed by atoms with Crippen molar-refractivity contribution >= 4 is 15.8 Å². The van der Waals surface area contributed by atoms with E-state index < -0.39 is 27.2 Å². The summed E-state index contributed by atoms with van der Waals surface area (Å²) in [6.07, 6.45) is 1.22. The van der Waals surface area contributed by atoms with Crippen molar-refractivity contribution < 1.29 is 17.2 Å². The normalized spacial score (nSPS) is 12.2. The summed E-state index contributed by atoms with van der Waals surface area (Å²) in [5.41, 5.74) is -0.183. The summed E-state index contributed by atoms with van der Waals surface area (Å²) in [5.74, 6) is -0.918. The van der Waals surface area contributed by atoms with Crippen LogP contribution in [0.4, 0.5) is 14.6 Å². The Balaban J connectivity index is 2.07. The largest absolute Gasteiger partial charge is 0.366 e. The lowest BCUT2D eigenvalue weighted by molar-refractivity contribution is 0.491. The molecule has 130 valence electrons. The molecule has 0 fully saturated rings. The fraction of sp³-hybridized carbons (Fsp3) is 0.312. The molecule has 8 heteroatoms. The first-order chi connectivity index (χ1) is 11.0. The van der Waals surface area contributed by atoms with Gasteiger partial charge in [0.2, 0.25) is 10.0 Å². The van der Waals surface area contributed by atoms with Gasteiger partial charge in [-0.15, -0.1) is 0 Å². The Morgan fingerprint density at radius 1 is 1.08 bits per heavy atom. The maximum absolute atomic E-state index is 13.1. The van der Waals surface area contributed by atoms with Crippen LogP contribution in [0.25, 0.3) is 0 Å². The summed E-state index contributed by atoms with van der Waals surface area (Å²) in [6.45, 7) is 5.39. The molecule has 1 aromatic heterocycles. The summed E-state index contributed by atoms with van der Waals surface area (Å²) >= 11 is 0. The van der Waals surface area contributed by atoms with Crippen LogP contribution in [-0.2, 0) is 16.6 Å². The van der Waals surface area contributed by atoms with Crippen LogP contribution in [0.3, 0.4) is 0 Å². The van der Waals surface area contributed by atoms with E-state index in [-0.39, 0.29) is 11.4 Å². The molecule has 0 saturated carbocycles. The molecule has 5 nitrogen and oxygen atoms in total. The third-order valence-electron chi connectivity index (χ3n) is 2.88. The molecular weight excluding hydrogens is 336 g/mol. The second kappa shape index (κ2) is 6.82. The maximum Gasteiger partial charge on any atom is 0.242 e. The van der Waals surface area contributed by atoms with Gasteiger partial charge in [0.05, 0.1) is 0 Å². The SMILES string of the molecule is CC(C)(C)NS(=O)(=O)c1ccc(NCc2cc(F)cc(F)c2)nc1. The van der Waals surface area contributed by atoms with Crippen LogP contribution >= 0.6 is 0 Å². The highest BCUT2D eigenvalue weighted by Crippen LogP contribution is 2.15. The first-order valence-electron chi connectivity index (χ1n) is 7.24. The van der Waals surface area contributed by atoms with Crippen LogP contribution in [0.2, 0.25) is 0 Å². The van der Waals surface area contributed by atoms with E-state index in [1.54, 1.807) is 20.8 Å². The van der Waals surface area contributed by atoms with E-state index in [0.29, 0.717) is 11.4 Å². The Hall–Kier alpha value is -2.06. The quantitative estimate of drug-likeness (QED) is 0.865. The number of rotatable bonds is 5. The smallest absolute Gasteiger partial charge is 0.242 e. The molecule has 1 heterocycles. The fourth-order valence-corrected chi connectivity index (χ4v) is 3.37. The van der Waals surface area contributed by atoms with E-state index in [2.05, 4.69) is 15.0 Å². The summed E-state index contributed by atoms with van der Waals surface area (Å²) in [7, 11) is -3.65. The average molecular weight is 355 g/mol. The van der Waals surface area contributed by atoms with Crippen molar-refractivity contribution in [3.8, 4) is 0 Å². The monoisotopic (exact) mass is 355 g/mol. The summed E-state index contributed by atoms with van der Waals surface area (Å²) in [5, 5.41) is 2.88. The molecular formula is C16H19F2N3O2S. The number of nitrogens with zero attached hydrogens (tertiary/aromatic N) is 1.